The van der Waals surface area contributed by atoms with Gasteiger partial charge >= 0.3 is 0 Å². The number of thiazole rings is 1. The monoisotopic (exact) mass is 461 g/mol. The van der Waals surface area contributed by atoms with Crippen LogP contribution in [0.15, 0.2) is 5.38 Å². The standard InChI is InChI=1S/C21H27N5O3S2/c1-12-6-5-7-26(8-12)9-14-11-30-21(22-14)25-18(27)17-13(2)16-19(29-4)23-15(10-28-3)24-20(16)31-17/h11-12H,5-10H2,1-4H3,(H,22,25,27). The van der Waals surface area contributed by atoms with E-state index in [1.807, 2.05) is 12.3 Å². The molecule has 10 heteroatoms. The molecule has 4 rings (SSSR count). The number of aryl methyl sites for hydroxylation is 1. The molecule has 31 heavy (non-hydrogen) atoms. The highest BCUT2D eigenvalue weighted by atomic mass is 32.1. The second-order valence-corrected chi connectivity index (χ2v) is 9.76. The van der Waals surface area contributed by atoms with Crippen LogP contribution in [-0.2, 0) is 17.9 Å². The molecule has 166 valence electrons. The van der Waals surface area contributed by atoms with E-state index in [-0.39, 0.29) is 12.5 Å². The van der Waals surface area contributed by atoms with Gasteiger partial charge in [0.15, 0.2) is 11.0 Å². The largest absolute Gasteiger partial charge is 0.480 e. The van der Waals surface area contributed by atoms with Crippen molar-refractivity contribution in [2.75, 3.05) is 32.6 Å². The van der Waals surface area contributed by atoms with E-state index >= 15 is 0 Å². The molecule has 1 amide bonds. The molecule has 0 aromatic carbocycles. The summed E-state index contributed by atoms with van der Waals surface area (Å²) >= 11 is 2.78. The zero-order valence-corrected chi connectivity index (χ0v) is 19.9. The van der Waals surface area contributed by atoms with Crippen molar-refractivity contribution in [2.45, 2.75) is 39.8 Å². The van der Waals surface area contributed by atoms with Crippen LogP contribution in [0, 0.1) is 12.8 Å². The number of ether oxygens (including phenoxy) is 2. The van der Waals surface area contributed by atoms with Crippen molar-refractivity contribution in [1.29, 1.82) is 0 Å². The lowest BCUT2D eigenvalue weighted by Gasteiger charge is -2.30. The fraction of sp³-hybridized carbons (Fsp3) is 0.524. The van der Waals surface area contributed by atoms with Gasteiger partial charge in [-0.1, -0.05) is 6.92 Å². The van der Waals surface area contributed by atoms with Crippen LogP contribution in [0.2, 0.25) is 0 Å². The topological polar surface area (TPSA) is 89.5 Å². The van der Waals surface area contributed by atoms with E-state index in [0.717, 1.165) is 42.2 Å². The summed E-state index contributed by atoms with van der Waals surface area (Å²) in [5.74, 6) is 1.52. The first-order valence-corrected chi connectivity index (χ1v) is 12.0. The van der Waals surface area contributed by atoms with Gasteiger partial charge in [-0.25, -0.2) is 9.97 Å². The van der Waals surface area contributed by atoms with Crippen molar-refractivity contribution in [3.05, 3.63) is 27.3 Å². The number of amides is 1. The maximum Gasteiger partial charge on any atom is 0.267 e. The highest BCUT2D eigenvalue weighted by Crippen LogP contribution is 2.35. The van der Waals surface area contributed by atoms with Gasteiger partial charge in [-0.15, -0.1) is 22.7 Å². The van der Waals surface area contributed by atoms with Crippen molar-refractivity contribution in [2.24, 2.45) is 5.92 Å². The third kappa shape index (κ3) is 4.87. The quantitative estimate of drug-likeness (QED) is 0.567. The van der Waals surface area contributed by atoms with Crippen molar-refractivity contribution in [3.63, 3.8) is 0 Å². The van der Waals surface area contributed by atoms with E-state index in [1.54, 1.807) is 14.2 Å². The fourth-order valence-electron chi connectivity index (χ4n) is 3.95. The van der Waals surface area contributed by atoms with Crippen LogP contribution in [0.3, 0.4) is 0 Å². The lowest BCUT2D eigenvalue weighted by atomic mass is 10.0. The maximum absolute atomic E-state index is 13.0. The number of anilines is 1. The first-order chi connectivity index (χ1) is 15.0. The zero-order chi connectivity index (χ0) is 22.0. The Balaban J connectivity index is 1.51. The minimum Gasteiger partial charge on any atom is -0.480 e. The number of hydrogen-bond acceptors (Lipinski definition) is 9. The summed E-state index contributed by atoms with van der Waals surface area (Å²) in [6.07, 6.45) is 2.53. The number of nitrogens with one attached hydrogen (secondary N) is 1. The van der Waals surface area contributed by atoms with Crippen LogP contribution in [0.5, 0.6) is 5.88 Å². The summed E-state index contributed by atoms with van der Waals surface area (Å²) in [4.78, 5) is 30.3. The molecule has 0 radical (unpaired) electrons. The summed E-state index contributed by atoms with van der Waals surface area (Å²) in [6.45, 7) is 7.51. The number of carbonyl (C=O) groups is 1. The average molecular weight is 462 g/mol. The molecule has 8 nitrogen and oxygen atoms in total. The molecule has 1 aliphatic heterocycles. The summed E-state index contributed by atoms with van der Waals surface area (Å²) in [6, 6.07) is 0. The first kappa shape index (κ1) is 22.1. The van der Waals surface area contributed by atoms with Gasteiger partial charge in [-0.2, -0.15) is 4.98 Å². The molecule has 0 saturated carbocycles. The SMILES string of the molecule is COCc1nc(OC)c2c(C)c(C(=O)Nc3nc(CN4CCCC(C)C4)cs3)sc2n1. The van der Waals surface area contributed by atoms with E-state index in [4.69, 9.17) is 9.47 Å². The number of hydrogen-bond donors (Lipinski definition) is 1. The molecule has 1 saturated heterocycles. The first-order valence-electron chi connectivity index (χ1n) is 10.3. The molecule has 1 N–H and O–H groups in total. The van der Waals surface area contributed by atoms with Crippen LogP contribution in [0.4, 0.5) is 5.13 Å². The molecule has 0 aliphatic carbocycles. The van der Waals surface area contributed by atoms with Gasteiger partial charge in [-0.3, -0.25) is 15.0 Å². The van der Waals surface area contributed by atoms with E-state index in [9.17, 15) is 4.79 Å². The zero-order valence-electron chi connectivity index (χ0n) is 18.2. The lowest BCUT2D eigenvalue weighted by molar-refractivity contribution is 0.103. The Kier molecular flexibility index (Phi) is 6.80. The fourth-order valence-corrected chi connectivity index (χ4v) is 5.73. The smallest absolute Gasteiger partial charge is 0.267 e. The molecule has 3 aromatic heterocycles. The Hall–Kier alpha value is -2.14. The van der Waals surface area contributed by atoms with Gasteiger partial charge in [0.2, 0.25) is 5.88 Å². The molecule has 1 aliphatic rings. The Bertz CT molecular complexity index is 1080. The molecule has 1 unspecified atom stereocenters. The van der Waals surface area contributed by atoms with E-state index in [1.165, 1.54) is 35.5 Å². The normalized spacial score (nSPS) is 17.2. The molecule has 0 spiro atoms. The number of thiophene rings is 1. The Labute approximate surface area is 189 Å². The molecule has 1 fully saturated rings. The molecule has 1 atom stereocenters. The van der Waals surface area contributed by atoms with E-state index in [2.05, 4.69) is 32.1 Å². The van der Waals surface area contributed by atoms with Crippen LogP contribution in [0.25, 0.3) is 10.2 Å². The Morgan fingerprint density at radius 3 is 2.90 bits per heavy atom. The molecule has 0 bridgehead atoms. The van der Waals surface area contributed by atoms with Gasteiger partial charge < -0.3 is 9.47 Å². The number of rotatable bonds is 7. The van der Waals surface area contributed by atoms with Crippen molar-refractivity contribution < 1.29 is 14.3 Å². The number of likely N-dealkylation sites (tertiary alicyclic amines) is 1. The predicted molar refractivity (Wildman–Crippen MR) is 123 cm³/mol. The van der Waals surface area contributed by atoms with Crippen LogP contribution in [0.1, 0.15) is 46.5 Å². The predicted octanol–water partition coefficient (Wildman–Crippen LogP) is 4.10. The Morgan fingerprint density at radius 1 is 1.32 bits per heavy atom. The number of nitrogens with zero attached hydrogens (tertiary/aromatic N) is 4. The minimum atomic E-state index is -0.191. The number of carbonyl (C=O) groups excluding carboxylic acids is 1. The van der Waals surface area contributed by atoms with Gasteiger partial charge in [0.25, 0.3) is 5.91 Å². The summed E-state index contributed by atoms with van der Waals surface area (Å²) in [5, 5.41) is 6.35. The van der Waals surface area contributed by atoms with Crippen LogP contribution < -0.4 is 10.1 Å². The van der Waals surface area contributed by atoms with E-state index < -0.39 is 0 Å². The van der Waals surface area contributed by atoms with Crippen LogP contribution >= 0.6 is 22.7 Å². The summed E-state index contributed by atoms with van der Waals surface area (Å²) < 4.78 is 10.6. The molecular formula is C21H27N5O3S2. The average Bonchev–Trinajstić information content (AvgIpc) is 3.31. The van der Waals surface area contributed by atoms with Gasteiger partial charge in [0.1, 0.15) is 11.4 Å². The molecule has 3 aromatic rings. The second kappa shape index (κ2) is 9.56. The second-order valence-electron chi connectivity index (χ2n) is 7.90. The third-order valence-corrected chi connectivity index (χ3v) is 7.37. The number of fused-ring (bicyclic) bond motifs is 1. The van der Waals surface area contributed by atoms with Gasteiger partial charge in [0.05, 0.1) is 23.1 Å². The third-order valence-electron chi connectivity index (χ3n) is 5.38. The maximum atomic E-state index is 13.0. The lowest BCUT2D eigenvalue weighted by Crippen LogP contribution is -2.33. The molecule has 4 heterocycles. The number of aromatic nitrogens is 3. The highest BCUT2D eigenvalue weighted by molar-refractivity contribution is 7.21. The summed E-state index contributed by atoms with van der Waals surface area (Å²) in [5.41, 5.74) is 1.80. The highest BCUT2D eigenvalue weighted by Gasteiger charge is 2.22. The van der Waals surface area contributed by atoms with E-state index in [0.29, 0.717) is 26.5 Å². The van der Waals surface area contributed by atoms with Crippen molar-refractivity contribution in [1.82, 2.24) is 19.9 Å². The Morgan fingerprint density at radius 2 is 2.16 bits per heavy atom. The number of methoxy groups -OCH3 is 2. The van der Waals surface area contributed by atoms with Gasteiger partial charge in [-0.05, 0) is 37.8 Å². The summed E-state index contributed by atoms with van der Waals surface area (Å²) in [7, 11) is 3.15. The molecular weight excluding hydrogens is 434 g/mol. The minimum absolute atomic E-state index is 0.191. The van der Waals surface area contributed by atoms with Gasteiger partial charge in [0, 0.05) is 25.6 Å². The van der Waals surface area contributed by atoms with Crippen LogP contribution in [-0.4, -0.2) is 53.1 Å². The van der Waals surface area contributed by atoms with Crippen molar-refractivity contribution in [3.8, 4) is 5.88 Å². The number of piperidine rings is 1. The van der Waals surface area contributed by atoms with Crippen molar-refractivity contribution >= 4 is 43.9 Å².